The van der Waals surface area contributed by atoms with E-state index in [1.54, 1.807) is 12.1 Å². The second-order valence-electron chi connectivity index (χ2n) is 13.3. The maximum Gasteiger partial charge on any atom is 0.220 e. The summed E-state index contributed by atoms with van der Waals surface area (Å²) in [5, 5.41) is 3.60. The van der Waals surface area contributed by atoms with Crippen molar-refractivity contribution in [1.29, 1.82) is 0 Å². The van der Waals surface area contributed by atoms with Crippen molar-refractivity contribution in [1.82, 2.24) is 15.2 Å². The third-order valence-corrected chi connectivity index (χ3v) is 10.6. The van der Waals surface area contributed by atoms with E-state index in [1.165, 1.54) is 36.8 Å². The quantitative estimate of drug-likeness (QED) is 0.230. The molecule has 3 atom stereocenters. The van der Waals surface area contributed by atoms with E-state index < -0.39 is 0 Å². The number of piperidine rings is 1. The number of nitrogens with one attached hydrogen (secondary N) is 1. The maximum absolute atomic E-state index is 13.7. The summed E-state index contributed by atoms with van der Waals surface area (Å²) in [6, 6.07) is 18.0. The zero-order chi connectivity index (χ0) is 30.4. The van der Waals surface area contributed by atoms with Crippen LogP contribution in [0.4, 0.5) is 10.3 Å². The Morgan fingerprint density at radius 3 is 2.35 bits per heavy atom. The molecule has 0 amide bonds. The zero-order valence-corrected chi connectivity index (χ0v) is 27.1. The highest BCUT2D eigenvalue weighted by molar-refractivity contribution is 5.44. The fraction of sp³-hybridized carbons (Fsp3) is 0.595. The van der Waals surface area contributed by atoms with Gasteiger partial charge in [-0.1, -0.05) is 76.1 Å². The molecule has 234 valence electrons. The molecule has 1 saturated heterocycles. The molecule has 2 heterocycles. The van der Waals surface area contributed by atoms with Gasteiger partial charge in [0.1, 0.15) is 11.5 Å². The molecule has 3 unspecified atom stereocenters. The van der Waals surface area contributed by atoms with Crippen molar-refractivity contribution in [2.24, 2.45) is 17.8 Å². The summed E-state index contributed by atoms with van der Waals surface area (Å²) in [5.74, 6) is 3.52. The smallest absolute Gasteiger partial charge is 0.220 e. The number of aromatic nitrogens is 1. The predicted molar refractivity (Wildman–Crippen MR) is 175 cm³/mol. The van der Waals surface area contributed by atoms with Gasteiger partial charge in [-0.15, -0.1) is 0 Å². The van der Waals surface area contributed by atoms with Gasteiger partial charge < -0.3 is 14.6 Å². The fourth-order valence-electron chi connectivity index (χ4n) is 7.77. The van der Waals surface area contributed by atoms with Crippen LogP contribution in [0.3, 0.4) is 0 Å². The highest BCUT2D eigenvalue weighted by atomic mass is 19.1. The molecule has 5 rings (SSSR count). The first-order chi connectivity index (χ1) is 20.8. The lowest BCUT2D eigenvalue weighted by Gasteiger charge is -2.43. The molecule has 2 aromatic carbocycles. The van der Waals surface area contributed by atoms with Gasteiger partial charge in [0.15, 0.2) is 0 Å². The lowest BCUT2D eigenvalue weighted by molar-refractivity contribution is 0.113. The topological polar surface area (TPSA) is 44.5 Å². The van der Waals surface area contributed by atoms with E-state index >= 15 is 0 Å². The first-order valence-corrected chi connectivity index (χ1v) is 16.8. The summed E-state index contributed by atoms with van der Waals surface area (Å²) in [4.78, 5) is 10.3. The van der Waals surface area contributed by atoms with Crippen molar-refractivity contribution in [3.05, 3.63) is 83.1 Å². The second-order valence-corrected chi connectivity index (χ2v) is 13.3. The van der Waals surface area contributed by atoms with Gasteiger partial charge in [-0.3, -0.25) is 4.90 Å². The van der Waals surface area contributed by atoms with Crippen LogP contribution in [-0.2, 0) is 12.0 Å². The Kier molecular flexibility index (Phi) is 10.6. The van der Waals surface area contributed by atoms with Crippen molar-refractivity contribution in [3.63, 3.8) is 0 Å². The third kappa shape index (κ3) is 7.34. The van der Waals surface area contributed by atoms with Crippen LogP contribution in [0.25, 0.3) is 0 Å². The van der Waals surface area contributed by atoms with Crippen LogP contribution in [0, 0.1) is 23.6 Å². The normalized spacial score (nSPS) is 23.3. The van der Waals surface area contributed by atoms with E-state index in [-0.39, 0.29) is 17.4 Å². The molecule has 1 saturated carbocycles. The standard InChI is InChI=1S/C37H53FN4O/c1-6-41(7-2)34(25-29-15-17-30(18-16-29)37(4,39-5)31-19-21-32(38)22-20-31)35-40-33(24-28-13-9-8-10-14-28)36(43-35)42-23-11-12-27(3)26-42/h8-10,13-14,19-22,27,29-30,34,39H,6-7,11-12,15-18,23-26H2,1-5H3. The highest BCUT2D eigenvalue weighted by Gasteiger charge is 2.39. The Labute approximate surface area is 259 Å². The molecule has 0 bridgehead atoms. The number of hydrogen-bond acceptors (Lipinski definition) is 5. The maximum atomic E-state index is 13.7. The Balaban J connectivity index is 1.36. The van der Waals surface area contributed by atoms with Crippen molar-refractivity contribution in [2.45, 2.75) is 90.6 Å². The van der Waals surface area contributed by atoms with Crippen LogP contribution in [0.2, 0.25) is 0 Å². The summed E-state index contributed by atoms with van der Waals surface area (Å²) in [6.45, 7) is 13.2. The van der Waals surface area contributed by atoms with Gasteiger partial charge in [-0.25, -0.2) is 9.37 Å². The van der Waals surface area contributed by atoms with Crippen LogP contribution >= 0.6 is 0 Å². The molecule has 0 spiro atoms. The van der Waals surface area contributed by atoms with Crippen LogP contribution in [0.1, 0.15) is 101 Å². The number of halogens is 1. The van der Waals surface area contributed by atoms with Crippen molar-refractivity contribution >= 4 is 5.88 Å². The molecule has 6 heteroatoms. The summed E-state index contributed by atoms with van der Waals surface area (Å²) >= 11 is 0. The SMILES string of the molecule is CCN(CC)C(CC1CCC(C(C)(NC)c2ccc(F)cc2)CC1)c1nc(Cc2ccccc2)c(N2CCCC(C)C2)o1. The van der Waals surface area contributed by atoms with E-state index in [0.717, 1.165) is 69.3 Å². The molecule has 3 aromatic rings. The average molecular weight is 589 g/mol. The van der Waals surface area contributed by atoms with Crippen molar-refractivity contribution < 1.29 is 8.81 Å². The lowest BCUT2D eigenvalue weighted by Crippen LogP contribution is -2.45. The van der Waals surface area contributed by atoms with Gasteiger partial charge in [0, 0.05) is 25.0 Å². The van der Waals surface area contributed by atoms with Gasteiger partial charge in [0.2, 0.25) is 11.8 Å². The summed E-state index contributed by atoms with van der Waals surface area (Å²) in [6.07, 6.45) is 9.05. The zero-order valence-electron chi connectivity index (χ0n) is 27.1. The Morgan fingerprint density at radius 2 is 1.72 bits per heavy atom. The first kappa shape index (κ1) is 31.7. The van der Waals surface area contributed by atoms with Gasteiger partial charge >= 0.3 is 0 Å². The molecule has 2 fully saturated rings. The van der Waals surface area contributed by atoms with Crippen LogP contribution < -0.4 is 10.2 Å². The Bertz CT molecular complexity index is 1270. The molecule has 1 aliphatic carbocycles. The van der Waals surface area contributed by atoms with Gasteiger partial charge in [0.05, 0.1) is 6.04 Å². The number of oxazole rings is 1. The summed E-state index contributed by atoms with van der Waals surface area (Å²) in [7, 11) is 2.04. The van der Waals surface area contributed by atoms with Crippen LogP contribution in [-0.4, -0.2) is 43.1 Å². The number of anilines is 1. The number of benzene rings is 2. The summed E-state index contributed by atoms with van der Waals surface area (Å²) in [5.41, 5.74) is 3.37. The fourth-order valence-corrected chi connectivity index (χ4v) is 7.77. The van der Waals surface area contributed by atoms with Crippen LogP contribution in [0.15, 0.2) is 59.0 Å². The van der Waals surface area contributed by atoms with E-state index in [2.05, 4.69) is 73.1 Å². The number of nitrogens with zero attached hydrogens (tertiary/aromatic N) is 3. The van der Waals surface area contributed by atoms with E-state index in [1.807, 2.05) is 19.2 Å². The summed E-state index contributed by atoms with van der Waals surface area (Å²) < 4.78 is 20.5. The highest BCUT2D eigenvalue weighted by Crippen LogP contribution is 2.44. The molecule has 5 nitrogen and oxygen atoms in total. The van der Waals surface area contributed by atoms with Gasteiger partial charge in [-0.2, -0.15) is 0 Å². The number of hydrogen-bond donors (Lipinski definition) is 1. The Hall–Kier alpha value is -2.70. The minimum atomic E-state index is -0.176. The minimum absolute atomic E-state index is 0.160. The van der Waals surface area contributed by atoms with Gasteiger partial charge in [-0.05, 0) is 100 Å². The first-order valence-electron chi connectivity index (χ1n) is 16.8. The third-order valence-electron chi connectivity index (χ3n) is 10.6. The van der Waals surface area contributed by atoms with E-state index in [9.17, 15) is 4.39 Å². The minimum Gasteiger partial charge on any atom is -0.423 e. The molecular weight excluding hydrogens is 535 g/mol. The molecule has 1 aromatic heterocycles. The second kappa shape index (κ2) is 14.4. The van der Waals surface area contributed by atoms with Crippen molar-refractivity contribution in [2.75, 3.05) is 38.1 Å². The van der Waals surface area contributed by atoms with Crippen molar-refractivity contribution in [3.8, 4) is 0 Å². The monoisotopic (exact) mass is 588 g/mol. The lowest BCUT2D eigenvalue weighted by atomic mass is 9.69. The van der Waals surface area contributed by atoms with Crippen LogP contribution in [0.5, 0.6) is 0 Å². The van der Waals surface area contributed by atoms with Gasteiger partial charge in [0.25, 0.3) is 0 Å². The molecule has 43 heavy (non-hydrogen) atoms. The largest absolute Gasteiger partial charge is 0.423 e. The molecule has 0 radical (unpaired) electrons. The molecule has 1 N–H and O–H groups in total. The molecule has 1 aliphatic heterocycles. The Morgan fingerprint density at radius 1 is 1.02 bits per heavy atom. The number of rotatable bonds is 12. The average Bonchev–Trinajstić information content (AvgIpc) is 3.45. The van der Waals surface area contributed by atoms with E-state index in [0.29, 0.717) is 17.8 Å². The van der Waals surface area contributed by atoms with E-state index in [4.69, 9.17) is 9.40 Å². The molecule has 2 aliphatic rings. The molecular formula is C37H53FN4O. The predicted octanol–water partition coefficient (Wildman–Crippen LogP) is 8.36.